The Balaban J connectivity index is 2.99. The standard InChI is InChI=1S/C13H17IN2O3/c1-7(2)10(6-15)12(17)16-11-4-3-8(14)5-9(11)13(18)19/h3-5,7,10H,6,15H2,1-2H3,(H,16,17)(H,18,19). The van der Waals surface area contributed by atoms with Crippen molar-refractivity contribution in [1.82, 2.24) is 0 Å². The lowest BCUT2D eigenvalue weighted by molar-refractivity contribution is -0.120. The van der Waals surface area contributed by atoms with Crippen LogP contribution in [0.4, 0.5) is 5.69 Å². The van der Waals surface area contributed by atoms with Gasteiger partial charge in [0.25, 0.3) is 0 Å². The number of amides is 1. The van der Waals surface area contributed by atoms with Gasteiger partial charge in [0, 0.05) is 10.1 Å². The number of rotatable bonds is 5. The van der Waals surface area contributed by atoms with Gasteiger partial charge in [0.2, 0.25) is 5.91 Å². The van der Waals surface area contributed by atoms with Crippen LogP contribution in [0.25, 0.3) is 0 Å². The Morgan fingerprint density at radius 3 is 2.53 bits per heavy atom. The second kappa shape index (κ2) is 6.85. The fourth-order valence-corrected chi connectivity index (χ4v) is 2.20. The van der Waals surface area contributed by atoms with E-state index in [2.05, 4.69) is 5.32 Å². The molecular weight excluding hydrogens is 359 g/mol. The van der Waals surface area contributed by atoms with Crippen LogP contribution in [0.1, 0.15) is 24.2 Å². The molecule has 0 radical (unpaired) electrons. The molecule has 0 aromatic heterocycles. The number of halogens is 1. The van der Waals surface area contributed by atoms with Crippen LogP contribution in [0.3, 0.4) is 0 Å². The first kappa shape index (κ1) is 15.9. The highest BCUT2D eigenvalue weighted by atomic mass is 127. The summed E-state index contributed by atoms with van der Waals surface area (Å²) in [5.74, 6) is -1.55. The van der Waals surface area contributed by atoms with Crippen LogP contribution in [0.15, 0.2) is 18.2 Å². The Bertz CT molecular complexity index is 489. The van der Waals surface area contributed by atoms with E-state index in [0.29, 0.717) is 5.69 Å². The molecule has 104 valence electrons. The summed E-state index contributed by atoms with van der Waals surface area (Å²) in [6, 6.07) is 4.86. The third-order valence-electron chi connectivity index (χ3n) is 2.87. The largest absolute Gasteiger partial charge is 0.478 e. The van der Waals surface area contributed by atoms with E-state index < -0.39 is 5.97 Å². The first-order valence-electron chi connectivity index (χ1n) is 5.90. The molecule has 0 fully saturated rings. The third-order valence-corrected chi connectivity index (χ3v) is 3.54. The number of nitrogens with one attached hydrogen (secondary N) is 1. The summed E-state index contributed by atoms with van der Waals surface area (Å²) in [5, 5.41) is 11.8. The Morgan fingerprint density at radius 2 is 2.05 bits per heavy atom. The molecule has 1 atom stereocenters. The molecule has 19 heavy (non-hydrogen) atoms. The first-order chi connectivity index (χ1) is 8.86. The molecule has 0 saturated heterocycles. The van der Waals surface area contributed by atoms with Crippen molar-refractivity contribution >= 4 is 40.2 Å². The summed E-state index contributed by atoms with van der Waals surface area (Å²) in [6.07, 6.45) is 0. The van der Waals surface area contributed by atoms with Crippen molar-refractivity contribution in [2.75, 3.05) is 11.9 Å². The molecule has 0 aliphatic heterocycles. The van der Waals surface area contributed by atoms with Crippen LogP contribution < -0.4 is 11.1 Å². The second-order valence-corrected chi connectivity index (χ2v) is 5.82. The van der Waals surface area contributed by atoms with Gasteiger partial charge >= 0.3 is 5.97 Å². The molecule has 1 unspecified atom stereocenters. The molecule has 0 bridgehead atoms. The van der Waals surface area contributed by atoms with Crippen molar-refractivity contribution in [3.8, 4) is 0 Å². The molecule has 4 N–H and O–H groups in total. The zero-order chi connectivity index (χ0) is 14.6. The van der Waals surface area contributed by atoms with Crippen molar-refractivity contribution in [2.45, 2.75) is 13.8 Å². The number of anilines is 1. The minimum Gasteiger partial charge on any atom is -0.478 e. The molecule has 0 aliphatic rings. The van der Waals surface area contributed by atoms with Gasteiger partial charge in [-0.2, -0.15) is 0 Å². The zero-order valence-electron chi connectivity index (χ0n) is 10.8. The lowest BCUT2D eigenvalue weighted by Crippen LogP contribution is -2.33. The highest BCUT2D eigenvalue weighted by Crippen LogP contribution is 2.21. The number of carboxylic acids is 1. The summed E-state index contributed by atoms with van der Waals surface area (Å²) < 4.78 is 0.798. The minimum absolute atomic E-state index is 0.0831. The van der Waals surface area contributed by atoms with Gasteiger partial charge in [-0.25, -0.2) is 4.79 Å². The fraction of sp³-hybridized carbons (Fsp3) is 0.385. The van der Waals surface area contributed by atoms with Crippen molar-refractivity contribution < 1.29 is 14.7 Å². The minimum atomic E-state index is -1.07. The smallest absolute Gasteiger partial charge is 0.337 e. The molecule has 0 aliphatic carbocycles. The lowest BCUT2D eigenvalue weighted by Gasteiger charge is -2.19. The van der Waals surface area contributed by atoms with Gasteiger partial charge in [0.15, 0.2) is 0 Å². The summed E-state index contributed by atoms with van der Waals surface area (Å²) in [4.78, 5) is 23.2. The molecule has 5 nitrogen and oxygen atoms in total. The van der Waals surface area contributed by atoms with E-state index in [1.807, 2.05) is 36.4 Å². The number of carbonyl (C=O) groups excluding carboxylic acids is 1. The predicted octanol–water partition coefficient (Wildman–Crippen LogP) is 2.16. The topological polar surface area (TPSA) is 92.4 Å². The van der Waals surface area contributed by atoms with E-state index in [1.165, 1.54) is 6.07 Å². The van der Waals surface area contributed by atoms with Crippen LogP contribution >= 0.6 is 22.6 Å². The van der Waals surface area contributed by atoms with E-state index in [-0.39, 0.29) is 29.9 Å². The van der Waals surface area contributed by atoms with Crippen LogP contribution in [0.5, 0.6) is 0 Å². The third kappa shape index (κ3) is 4.17. The van der Waals surface area contributed by atoms with Gasteiger partial charge in [-0.1, -0.05) is 13.8 Å². The average molecular weight is 376 g/mol. The second-order valence-electron chi connectivity index (χ2n) is 4.57. The molecule has 0 heterocycles. The zero-order valence-corrected chi connectivity index (χ0v) is 13.0. The monoisotopic (exact) mass is 376 g/mol. The maximum atomic E-state index is 12.1. The average Bonchev–Trinajstić information content (AvgIpc) is 2.31. The maximum Gasteiger partial charge on any atom is 0.337 e. The maximum absolute atomic E-state index is 12.1. The number of benzene rings is 1. The Kier molecular flexibility index (Phi) is 5.74. The van der Waals surface area contributed by atoms with Gasteiger partial charge in [-0.05, 0) is 46.7 Å². The predicted molar refractivity (Wildman–Crippen MR) is 82.1 cm³/mol. The van der Waals surface area contributed by atoms with E-state index in [0.717, 1.165) is 3.57 Å². The van der Waals surface area contributed by atoms with Gasteiger partial charge in [0.1, 0.15) is 0 Å². The fourth-order valence-electron chi connectivity index (χ4n) is 1.71. The number of aromatic carboxylic acids is 1. The van der Waals surface area contributed by atoms with Crippen molar-refractivity contribution in [1.29, 1.82) is 0 Å². The van der Waals surface area contributed by atoms with Gasteiger partial charge in [0.05, 0.1) is 17.2 Å². The molecule has 1 aromatic rings. The van der Waals surface area contributed by atoms with E-state index in [9.17, 15) is 9.59 Å². The number of carbonyl (C=O) groups is 2. The SMILES string of the molecule is CC(C)C(CN)C(=O)Nc1ccc(I)cc1C(=O)O. The number of hydrogen-bond acceptors (Lipinski definition) is 3. The van der Waals surface area contributed by atoms with Crippen molar-refractivity contribution in [3.63, 3.8) is 0 Å². The van der Waals surface area contributed by atoms with Gasteiger partial charge < -0.3 is 16.2 Å². The van der Waals surface area contributed by atoms with Crippen LogP contribution in [-0.4, -0.2) is 23.5 Å². The van der Waals surface area contributed by atoms with E-state index in [1.54, 1.807) is 12.1 Å². The van der Waals surface area contributed by atoms with Crippen LogP contribution in [0, 0.1) is 15.4 Å². The normalized spacial score (nSPS) is 12.3. The Hall–Kier alpha value is -1.15. The van der Waals surface area contributed by atoms with E-state index >= 15 is 0 Å². The molecule has 1 rings (SSSR count). The number of nitrogens with two attached hydrogens (primary N) is 1. The quantitative estimate of drug-likeness (QED) is 0.687. The number of hydrogen-bond donors (Lipinski definition) is 3. The van der Waals surface area contributed by atoms with Gasteiger partial charge in [-0.3, -0.25) is 4.79 Å². The highest BCUT2D eigenvalue weighted by molar-refractivity contribution is 14.1. The summed E-state index contributed by atoms with van der Waals surface area (Å²) in [7, 11) is 0. The lowest BCUT2D eigenvalue weighted by atomic mass is 9.95. The molecule has 1 aromatic carbocycles. The molecule has 6 heteroatoms. The molecule has 1 amide bonds. The summed E-state index contributed by atoms with van der Waals surface area (Å²) in [6.45, 7) is 4.04. The summed E-state index contributed by atoms with van der Waals surface area (Å²) >= 11 is 2.02. The van der Waals surface area contributed by atoms with E-state index in [4.69, 9.17) is 10.8 Å². The van der Waals surface area contributed by atoms with Crippen LogP contribution in [-0.2, 0) is 4.79 Å². The Morgan fingerprint density at radius 1 is 1.42 bits per heavy atom. The molecular formula is C13H17IN2O3. The van der Waals surface area contributed by atoms with Crippen LogP contribution in [0.2, 0.25) is 0 Å². The van der Waals surface area contributed by atoms with Crippen molar-refractivity contribution in [2.24, 2.45) is 17.6 Å². The molecule has 0 saturated carbocycles. The highest BCUT2D eigenvalue weighted by Gasteiger charge is 2.22. The molecule has 0 spiro atoms. The summed E-state index contributed by atoms with van der Waals surface area (Å²) in [5.41, 5.74) is 5.96. The van der Waals surface area contributed by atoms with Crippen molar-refractivity contribution in [3.05, 3.63) is 27.3 Å². The van der Waals surface area contributed by atoms with Gasteiger partial charge in [-0.15, -0.1) is 0 Å². The Labute approximate surface area is 125 Å². The number of carboxylic acid groups (broad SMARTS) is 1. The first-order valence-corrected chi connectivity index (χ1v) is 6.98.